The minimum absolute atomic E-state index is 0.151. The summed E-state index contributed by atoms with van der Waals surface area (Å²) >= 11 is 0. The summed E-state index contributed by atoms with van der Waals surface area (Å²) in [6, 6.07) is 0. The Bertz CT molecular complexity index is 176. The molecule has 15 heavy (non-hydrogen) atoms. The highest BCUT2D eigenvalue weighted by Crippen LogP contribution is 2.15. The van der Waals surface area contributed by atoms with E-state index in [-0.39, 0.29) is 12.0 Å². The maximum atomic E-state index is 11.5. The third kappa shape index (κ3) is 5.78. The molecule has 3 heteroatoms. The summed E-state index contributed by atoms with van der Waals surface area (Å²) in [7, 11) is 0. The lowest BCUT2D eigenvalue weighted by molar-refractivity contribution is -0.124. The van der Waals surface area contributed by atoms with Crippen LogP contribution in [0.25, 0.3) is 0 Å². The van der Waals surface area contributed by atoms with Crippen LogP contribution in [0.3, 0.4) is 0 Å². The first-order chi connectivity index (χ1) is 7.33. The van der Waals surface area contributed by atoms with Gasteiger partial charge < -0.3 is 10.1 Å². The molecule has 0 aliphatic carbocycles. The predicted molar refractivity (Wildman–Crippen MR) is 60.7 cm³/mol. The molecule has 1 amide bonds. The van der Waals surface area contributed by atoms with E-state index >= 15 is 0 Å². The molecule has 1 heterocycles. The molecule has 0 saturated carbocycles. The number of unbranched alkanes of at least 4 members (excludes halogenated alkanes) is 2. The number of hydrogen-bond donors (Lipinski definition) is 1. The molecule has 0 aromatic rings. The average molecular weight is 213 g/mol. The molecule has 88 valence electrons. The summed E-state index contributed by atoms with van der Waals surface area (Å²) in [5, 5.41) is 2.95. The molecule has 1 aliphatic rings. The van der Waals surface area contributed by atoms with Crippen molar-refractivity contribution in [1.29, 1.82) is 0 Å². The fourth-order valence-electron chi connectivity index (χ4n) is 1.85. The largest absolute Gasteiger partial charge is 0.378 e. The molecular weight excluding hydrogens is 190 g/mol. The van der Waals surface area contributed by atoms with E-state index < -0.39 is 0 Å². The van der Waals surface area contributed by atoms with E-state index in [0.29, 0.717) is 6.42 Å². The Balaban J connectivity index is 2.01. The van der Waals surface area contributed by atoms with Crippen LogP contribution in [0.4, 0.5) is 0 Å². The van der Waals surface area contributed by atoms with E-state index in [1.165, 1.54) is 19.3 Å². The third-order valence-corrected chi connectivity index (χ3v) is 2.79. The summed E-state index contributed by atoms with van der Waals surface area (Å²) < 4.78 is 5.52. The van der Waals surface area contributed by atoms with E-state index in [1.54, 1.807) is 0 Å². The molecule has 1 N–H and O–H groups in total. The van der Waals surface area contributed by atoms with Gasteiger partial charge in [-0.15, -0.1) is 0 Å². The third-order valence-electron chi connectivity index (χ3n) is 2.79. The van der Waals surface area contributed by atoms with Crippen molar-refractivity contribution in [1.82, 2.24) is 5.32 Å². The fraction of sp³-hybridized carbons (Fsp3) is 0.917. The van der Waals surface area contributed by atoms with Crippen LogP contribution in [-0.4, -0.2) is 25.2 Å². The SMILES string of the molecule is CCCCCNC(=O)CC1CCCCO1. The second kappa shape index (κ2) is 7.69. The van der Waals surface area contributed by atoms with E-state index in [1.807, 2.05) is 0 Å². The molecule has 1 atom stereocenters. The Kier molecular flexibility index (Phi) is 6.41. The lowest BCUT2D eigenvalue weighted by Gasteiger charge is -2.21. The Morgan fingerprint density at radius 2 is 2.27 bits per heavy atom. The predicted octanol–water partition coefficient (Wildman–Crippen LogP) is 2.25. The molecule has 0 spiro atoms. The molecular formula is C12H23NO2. The van der Waals surface area contributed by atoms with Crippen molar-refractivity contribution in [3.63, 3.8) is 0 Å². The second-order valence-corrected chi connectivity index (χ2v) is 4.25. The Morgan fingerprint density at radius 1 is 1.40 bits per heavy atom. The van der Waals surface area contributed by atoms with Crippen molar-refractivity contribution in [2.24, 2.45) is 0 Å². The van der Waals surface area contributed by atoms with Crippen LogP contribution in [0.1, 0.15) is 51.9 Å². The topological polar surface area (TPSA) is 38.3 Å². The van der Waals surface area contributed by atoms with Crippen molar-refractivity contribution in [2.45, 2.75) is 58.0 Å². The zero-order valence-electron chi connectivity index (χ0n) is 9.76. The maximum absolute atomic E-state index is 11.5. The van der Waals surface area contributed by atoms with Crippen LogP contribution in [0.15, 0.2) is 0 Å². The van der Waals surface area contributed by atoms with E-state index in [4.69, 9.17) is 4.74 Å². The van der Waals surface area contributed by atoms with Gasteiger partial charge in [0.15, 0.2) is 0 Å². The van der Waals surface area contributed by atoms with Crippen LogP contribution in [0.2, 0.25) is 0 Å². The first kappa shape index (κ1) is 12.5. The lowest BCUT2D eigenvalue weighted by Crippen LogP contribution is -2.30. The molecule has 0 bridgehead atoms. The van der Waals surface area contributed by atoms with Gasteiger partial charge >= 0.3 is 0 Å². The number of rotatable bonds is 6. The number of nitrogens with one attached hydrogen (secondary N) is 1. The van der Waals surface area contributed by atoms with Gasteiger partial charge in [-0.05, 0) is 25.7 Å². The minimum Gasteiger partial charge on any atom is -0.378 e. The second-order valence-electron chi connectivity index (χ2n) is 4.25. The van der Waals surface area contributed by atoms with Crippen molar-refractivity contribution < 1.29 is 9.53 Å². The highest BCUT2D eigenvalue weighted by Gasteiger charge is 2.16. The van der Waals surface area contributed by atoms with Gasteiger partial charge in [0.25, 0.3) is 0 Å². The van der Waals surface area contributed by atoms with Crippen molar-refractivity contribution >= 4 is 5.91 Å². The van der Waals surface area contributed by atoms with Crippen LogP contribution >= 0.6 is 0 Å². The van der Waals surface area contributed by atoms with Gasteiger partial charge in [0.2, 0.25) is 5.91 Å². The van der Waals surface area contributed by atoms with Crippen LogP contribution in [0, 0.1) is 0 Å². The highest BCUT2D eigenvalue weighted by atomic mass is 16.5. The van der Waals surface area contributed by atoms with E-state index in [0.717, 1.165) is 32.4 Å². The molecule has 1 fully saturated rings. The Labute approximate surface area is 92.6 Å². The summed E-state index contributed by atoms with van der Waals surface area (Å²) in [4.78, 5) is 11.5. The van der Waals surface area contributed by atoms with Crippen LogP contribution in [0.5, 0.6) is 0 Å². The summed E-state index contributed by atoms with van der Waals surface area (Å²) in [5.74, 6) is 0.151. The Morgan fingerprint density at radius 3 is 2.93 bits per heavy atom. The smallest absolute Gasteiger partial charge is 0.222 e. The highest BCUT2D eigenvalue weighted by molar-refractivity contribution is 5.76. The minimum atomic E-state index is 0.151. The van der Waals surface area contributed by atoms with Crippen molar-refractivity contribution in [2.75, 3.05) is 13.2 Å². The first-order valence-corrected chi connectivity index (χ1v) is 6.21. The van der Waals surface area contributed by atoms with Gasteiger partial charge in [0.1, 0.15) is 0 Å². The number of ether oxygens (including phenoxy) is 1. The number of hydrogen-bond acceptors (Lipinski definition) is 2. The molecule has 1 aliphatic heterocycles. The van der Waals surface area contributed by atoms with Gasteiger partial charge in [-0.1, -0.05) is 19.8 Å². The summed E-state index contributed by atoms with van der Waals surface area (Å²) in [5.41, 5.74) is 0. The normalized spacial score (nSPS) is 21.3. The molecule has 3 nitrogen and oxygen atoms in total. The summed E-state index contributed by atoms with van der Waals surface area (Å²) in [6.07, 6.45) is 7.59. The van der Waals surface area contributed by atoms with E-state index in [9.17, 15) is 4.79 Å². The number of amides is 1. The zero-order valence-corrected chi connectivity index (χ0v) is 9.76. The quantitative estimate of drug-likeness (QED) is 0.687. The maximum Gasteiger partial charge on any atom is 0.222 e. The Hall–Kier alpha value is -0.570. The molecule has 1 unspecified atom stereocenters. The monoisotopic (exact) mass is 213 g/mol. The van der Waals surface area contributed by atoms with E-state index in [2.05, 4.69) is 12.2 Å². The van der Waals surface area contributed by atoms with Crippen LogP contribution in [-0.2, 0) is 9.53 Å². The van der Waals surface area contributed by atoms with Gasteiger partial charge in [0, 0.05) is 13.2 Å². The molecule has 0 aromatic heterocycles. The molecule has 1 saturated heterocycles. The number of carbonyl (C=O) groups is 1. The standard InChI is InChI=1S/C12H23NO2/c1-2-3-5-8-13-12(14)10-11-7-4-6-9-15-11/h11H,2-10H2,1H3,(H,13,14). The first-order valence-electron chi connectivity index (χ1n) is 6.21. The average Bonchev–Trinajstić information content (AvgIpc) is 2.26. The molecule has 1 rings (SSSR count). The number of carbonyl (C=O) groups excluding carboxylic acids is 1. The molecule has 0 aromatic carbocycles. The zero-order chi connectivity index (χ0) is 10.9. The van der Waals surface area contributed by atoms with Crippen molar-refractivity contribution in [3.8, 4) is 0 Å². The van der Waals surface area contributed by atoms with Gasteiger partial charge in [-0.3, -0.25) is 4.79 Å². The summed E-state index contributed by atoms with van der Waals surface area (Å²) in [6.45, 7) is 3.81. The lowest BCUT2D eigenvalue weighted by atomic mass is 10.1. The molecule has 0 radical (unpaired) electrons. The van der Waals surface area contributed by atoms with Gasteiger partial charge in [-0.2, -0.15) is 0 Å². The van der Waals surface area contributed by atoms with Gasteiger partial charge in [-0.25, -0.2) is 0 Å². The van der Waals surface area contributed by atoms with Gasteiger partial charge in [0.05, 0.1) is 12.5 Å². The fourth-order valence-corrected chi connectivity index (χ4v) is 1.85. The van der Waals surface area contributed by atoms with Crippen molar-refractivity contribution in [3.05, 3.63) is 0 Å². The van der Waals surface area contributed by atoms with Crippen LogP contribution < -0.4 is 5.32 Å².